The van der Waals surface area contributed by atoms with Crippen LogP contribution in [0.1, 0.15) is 44.9 Å². The van der Waals surface area contributed by atoms with Gasteiger partial charge >= 0.3 is 0 Å². The predicted octanol–water partition coefficient (Wildman–Crippen LogP) is 2.02. The van der Waals surface area contributed by atoms with Gasteiger partial charge in [0.15, 0.2) is 0 Å². The topological polar surface area (TPSA) is 32.3 Å². The minimum atomic E-state index is 0.385. The highest BCUT2D eigenvalue weighted by atomic mass is 16.2. The Kier molecular flexibility index (Phi) is 2.87. The monoisotopic (exact) mass is 262 g/mol. The lowest BCUT2D eigenvalue weighted by atomic mass is 9.74. The van der Waals surface area contributed by atoms with Gasteiger partial charge in [0.2, 0.25) is 5.91 Å². The molecule has 4 aliphatic rings. The fourth-order valence-electron chi connectivity index (χ4n) is 4.95. The lowest BCUT2D eigenvalue weighted by Crippen LogP contribution is -2.53. The first-order chi connectivity index (χ1) is 9.26. The Bertz CT molecular complexity index is 359. The number of piperidine rings is 2. The van der Waals surface area contributed by atoms with Crippen molar-refractivity contribution in [3.63, 3.8) is 0 Å². The molecule has 2 saturated heterocycles. The van der Waals surface area contributed by atoms with E-state index < -0.39 is 0 Å². The number of hydrogen-bond donors (Lipinski definition) is 1. The van der Waals surface area contributed by atoms with E-state index in [4.69, 9.17) is 0 Å². The van der Waals surface area contributed by atoms with E-state index in [1.54, 1.807) is 0 Å². The fourth-order valence-corrected chi connectivity index (χ4v) is 4.95. The van der Waals surface area contributed by atoms with Gasteiger partial charge in [-0.15, -0.1) is 0 Å². The number of carbonyl (C=O) groups excluding carboxylic acids is 1. The number of amides is 1. The molecule has 2 saturated carbocycles. The highest BCUT2D eigenvalue weighted by Crippen LogP contribution is 2.54. The molecule has 4 fully saturated rings. The first-order valence-corrected chi connectivity index (χ1v) is 8.25. The molecule has 0 aromatic rings. The van der Waals surface area contributed by atoms with Gasteiger partial charge < -0.3 is 10.2 Å². The molecule has 0 radical (unpaired) electrons. The molecular formula is C16H26N2O. The Morgan fingerprint density at radius 2 is 1.89 bits per heavy atom. The molecule has 0 aromatic carbocycles. The largest absolute Gasteiger partial charge is 0.342 e. The molecule has 3 nitrogen and oxygen atoms in total. The quantitative estimate of drug-likeness (QED) is 0.784. The Morgan fingerprint density at radius 1 is 1.11 bits per heavy atom. The Labute approximate surface area is 116 Å². The van der Waals surface area contributed by atoms with Crippen LogP contribution in [-0.4, -0.2) is 37.0 Å². The molecule has 106 valence electrons. The normalized spacial score (nSPS) is 45.3. The zero-order chi connectivity index (χ0) is 12.9. The van der Waals surface area contributed by atoms with Crippen LogP contribution in [0.3, 0.4) is 0 Å². The molecule has 2 aliphatic heterocycles. The number of nitrogens with zero attached hydrogens (tertiary/aromatic N) is 1. The number of rotatable bonds is 1. The number of hydrogen-bond acceptors (Lipinski definition) is 2. The number of nitrogens with one attached hydrogen (secondary N) is 1. The second-order valence-electron chi connectivity index (χ2n) is 7.57. The summed E-state index contributed by atoms with van der Waals surface area (Å²) in [5, 5.41) is 3.55. The summed E-state index contributed by atoms with van der Waals surface area (Å²) < 4.78 is 0. The van der Waals surface area contributed by atoms with Gasteiger partial charge in [-0.05, 0) is 63.3 Å². The number of fused-ring (bicyclic) bond motifs is 1. The Balaban J connectivity index is 1.41. The van der Waals surface area contributed by atoms with Gasteiger partial charge in [0.25, 0.3) is 0 Å². The lowest BCUT2D eigenvalue weighted by Gasteiger charge is -2.46. The number of carbonyl (C=O) groups is 1. The van der Waals surface area contributed by atoms with Gasteiger partial charge in [-0.1, -0.05) is 0 Å². The summed E-state index contributed by atoms with van der Waals surface area (Å²) in [5.74, 6) is 2.72. The summed E-state index contributed by atoms with van der Waals surface area (Å²) in [6.07, 6.45) is 8.95. The first-order valence-electron chi connectivity index (χ1n) is 8.25. The molecule has 0 bridgehead atoms. The van der Waals surface area contributed by atoms with E-state index in [-0.39, 0.29) is 0 Å². The van der Waals surface area contributed by atoms with E-state index >= 15 is 0 Å². The van der Waals surface area contributed by atoms with Crippen molar-refractivity contribution in [2.45, 2.75) is 44.9 Å². The van der Waals surface area contributed by atoms with E-state index in [0.29, 0.717) is 17.2 Å². The maximum absolute atomic E-state index is 12.7. The molecule has 3 atom stereocenters. The average Bonchev–Trinajstić information content (AvgIpc) is 3.05. The summed E-state index contributed by atoms with van der Waals surface area (Å²) in [5.41, 5.74) is 0.410. The van der Waals surface area contributed by atoms with Crippen LogP contribution in [0.2, 0.25) is 0 Å². The maximum Gasteiger partial charge on any atom is 0.225 e. The van der Waals surface area contributed by atoms with Gasteiger partial charge in [0.05, 0.1) is 0 Å². The highest BCUT2D eigenvalue weighted by Gasteiger charge is 2.49. The van der Waals surface area contributed by atoms with Crippen molar-refractivity contribution in [2.24, 2.45) is 23.2 Å². The van der Waals surface area contributed by atoms with Crippen LogP contribution in [-0.2, 0) is 4.79 Å². The van der Waals surface area contributed by atoms with Crippen LogP contribution in [0.4, 0.5) is 0 Å². The van der Waals surface area contributed by atoms with Crippen LogP contribution in [0.25, 0.3) is 0 Å². The molecule has 1 spiro atoms. The Hall–Kier alpha value is -0.570. The predicted molar refractivity (Wildman–Crippen MR) is 74.7 cm³/mol. The maximum atomic E-state index is 12.7. The van der Waals surface area contributed by atoms with Gasteiger partial charge in [0, 0.05) is 31.0 Å². The summed E-state index contributed by atoms with van der Waals surface area (Å²) in [6, 6.07) is 0. The van der Waals surface area contributed by atoms with Crippen molar-refractivity contribution in [1.29, 1.82) is 0 Å². The number of likely N-dealkylation sites (tertiary alicyclic amines) is 1. The van der Waals surface area contributed by atoms with Gasteiger partial charge in [-0.2, -0.15) is 0 Å². The molecule has 2 heterocycles. The molecule has 0 aromatic heterocycles. The fraction of sp³-hybridized carbons (Fsp3) is 0.938. The SMILES string of the molecule is O=C(C1CC2CC2C1)N1CCCC2(CCCNC2)C1. The smallest absolute Gasteiger partial charge is 0.225 e. The summed E-state index contributed by atoms with van der Waals surface area (Å²) >= 11 is 0. The van der Waals surface area contributed by atoms with Gasteiger partial charge in [-0.25, -0.2) is 0 Å². The van der Waals surface area contributed by atoms with E-state index in [2.05, 4.69) is 10.2 Å². The zero-order valence-corrected chi connectivity index (χ0v) is 11.9. The standard InChI is InChI=1S/C16H26N2O/c19-15(14-8-12-7-13(12)9-14)18-6-2-4-16(11-18)3-1-5-17-10-16/h12-14,17H,1-11H2. The summed E-state index contributed by atoms with van der Waals surface area (Å²) in [4.78, 5) is 14.9. The third kappa shape index (κ3) is 2.20. The van der Waals surface area contributed by atoms with Crippen molar-refractivity contribution >= 4 is 5.91 Å². The van der Waals surface area contributed by atoms with Crippen molar-refractivity contribution in [3.05, 3.63) is 0 Å². The zero-order valence-electron chi connectivity index (χ0n) is 11.9. The van der Waals surface area contributed by atoms with E-state index in [1.807, 2.05) is 0 Å². The molecule has 4 rings (SSSR count). The minimum absolute atomic E-state index is 0.385. The van der Waals surface area contributed by atoms with E-state index in [9.17, 15) is 4.79 Å². The van der Waals surface area contributed by atoms with Crippen molar-refractivity contribution < 1.29 is 4.79 Å². The molecule has 3 heteroatoms. The molecule has 2 aliphatic carbocycles. The summed E-state index contributed by atoms with van der Waals surface area (Å²) in [7, 11) is 0. The molecule has 1 amide bonds. The van der Waals surface area contributed by atoms with Crippen LogP contribution in [0, 0.1) is 23.2 Å². The molecular weight excluding hydrogens is 236 g/mol. The Morgan fingerprint density at radius 3 is 2.63 bits per heavy atom. The minimum Gasteiger partial charge on any atom is -0.342 e. The van der Waals surface area contributed by atoms with Crippen LogP contribution in [0.5, 0.6) is 0 Å². The summed E-state index contributed by atoms with van der Waals surface area (Å²) in [6.45, 7) is 4.35. The second kappa shape index (κ2) is 4.47. The van der Waals surface area contributed by atoms with Gasteiger partial charge in [0.1, 0.15) is 0 Å². The van der Waals surface area contributed by atoms with Crippen molar-refractivity contribution in [3.8, 4) is 0 Å². The van der Waals surface area contributed by atoms with Crippen molar-refractivity contribution in [1.82, 2.24) is 10.2 Å². The van der Waals surface area contributed by atoms with Crippen LogP contribution >= 0.6 is 0 Å². The lowest BCUT2D eigenvalue weighted by molar-refractivity contribution is -0.139. The second-order valence-corrected chi connectivity index (χ2v) is 7.57. The third-order valence-corrected chi connectivity index (χ3v) is 6.13. The first kappa shape index (κ1) is 12.2. The van der Waals surface area contributed by atoms with Crippen molar-refractivity contribution in [2.75, 3.05) is 26.2 Å². The van der Waals surface area contributed by atoms with E-state index in [1.165, 1.54) is 51.5 Å². The molecule has 19 heavy (non-hydrogen) atoms. The molecule has 1 N–H and O–H groups in total. The average molecular weight is 262 g/mol. The third-order valence-electron chi connectivity index (χ3n) is 6.13. The van der Waals surface area contributed by atoms with Crippen LogP contribution < -0.4 is 5.32 Å². The van der Waals surface area contributed by atoms with Crippen LogP contribution in [0.15, 0.2) is 0 Å². The van der Waals surface area contributed by atoms with E-state index in [0.717, 1.165) is 31.5 Å². The van der Waals surface area contributed by atoms with Gasteiger partial charge in [-0.3, -0.25) is 4.79 Å². The highest BCUT2D eigenvalue weighted by molar-refractivity contribution is 5.79. The molecule has 3 unspecified atom stereocenters.